The van der Waals surface area contributed by atoms with E-state index < -0.39 is 0 Å². The van der Waals surface area contributed by atoms with Gasteiger partial charge in [0.05, 0.1) is 0 Å². The molecule has 0 bridgehead atoms. The van der Waals surface area contributed by atoms with E-state index in [2.05, 4.69) is 17.6 Å². The number of benzene rings is 1. The number of hydrogen-bond donors (Lipinski definition) is 1. The maximum Gasteiger partial charge on any atom is 0.163 e. The van der Waals surface area contributed by atoms with E-state index >= 15 is 0 Å². The van der Waals surface area contributed by atoms with Gasteiger partial charge in [-0.05, 0) is 12.5 Å². The number of rotatable bonds is 2. The Hall–Kier alpha value is -0.860. The van der Waals surface area contributed by atoms with Crippen LogP contribution in [0.2, 0.25) is 0 Å². The quantitative estimate of drug-likeness (QED) is 0.646. The third-order valence-corrected chi connectivity index (χ3v) is 1.83. The van der Waals surface area contributed by atoms with Crippen molar-refractivity contribution < 1.29 is 4.84 Å². The maximum absolute atomic E-state index is 5.05. The summed E-state index contributed by atoms with van der Waals surface area (Å²) in [5.41, 5.74) is 4.07. The lowest BCUT2D eigenvalue weighted by Crippen LogP contribution is -2.12. The van der Waals surface area contributed by atoms with Crippen LogP contribution in [0.4, 0.5) is 0 Å². The Morgan fingerprint density at radius 2 is 2.00 bits per heavy atom. The molecule has 1 saturated heterocycles. The average molecular weight is 149 g/mol. The van der Waals surface area contributed by atoms with Crippen LogP contribution >= 0.6 is 0 Å². The Bertz CT molecular complexity index is 241. The monoisotopic (exact) mass is 149 g/mol. The van der Waals surface area contributed by atoms with Gasteiger partial charge >= 0.3 is 0 Å². The topological polar surface area (TPSA) is 34.5 Å². The van der Waals surface area contributed by atoms with Crippen LogP contribution in [0, 0.1) is 0 Å². The van der Waals surface area contributed by atoms with Crippen molar-refractivity contribution in [1.82, 2.24) is 5.48 Å². The lowest BCUT2D eigenvalue weighted by molar-refractivity contribution is 0.306. The zero-order chi connectivity index (χ0) is 7.73. The Kier molecular flexibility index (Phi) is 1.44. The van der Waals surface area contributed by atoms with Crippen molar-refractivity contribution in [2.75, 3.05) is 0 Å². The van der Waals surface area contributed by atoms with E-state index in [4.69, 9.17) is 4.84 Å². The van der Waals surface area contributed by atoms with Crippen molar-refractivity contribution in [2.45, 2.75) is 19.1 Å². The highest BCUT2D eigenvalue weighted by Gasteiger charge is 2.39. The molecular weight excluding hydrogens is 138 g/mol. The van der Waals surface area contributed by atoms with E-state index in [0.717, 1.165) is 6.42 Å². The molecule has 1 atom stereocenters. The van der Waals surface area contributed by atoms with E-state index in [-0.39, 0.29) is 5.72 Å². The maximum atomic E-state index is 5.05. The second-order valence-corrected chi connectivity index (χ2v) is 3.10. The summed E-state index contributed by atoms with van der Waals surface area (Å²) in [5, 5.41) is 0. The molecule has 1 unspecified atom stereocenters. The van der Waals surface area contributed by atoms with Gasteiger partial charge in [-0.1, -0.05) is 30.3 Å². The van der Waals surface area contributed by atoms with Crippen molar-refractivity contribution in [3.63, 3.8) is 0 Å². The summed E-state index contributed by atoms with van der Waals surface area (Å²) in [6.07, 6.45) is 0.938. The van der Waals surface area contributed by atoms with Gasteiger partial charge in [-0.25, -0.2) is 0 Å². The molecule has 1 N–H and O–H groups in total. The lowest BCUT2D eigenvalue weighted by Gasteiger charge is -2.01. The van der Waals surface area contributed by atoms with Gasteiger partial charge in [0, 0.05) is 6.42 Å². The lowest BCUT2D eigenvalue weighted by atomic mass is 10.1. The van der Waals surface area contributed by atoms with Crippen LogP contribution in [0.25, 0.3) is 0 Å². The molecule has 0 amide bonds. The third kappa shape index (κ3) is 1.59. The van der Waals surface area contributed by atoms with Crippen LogP contribution in [-0.2, 0) is 11.3 Å². The van der Waals surface area contributed by atoms with Crippen molar-refractivity contribution in [3.05, 3.63) is 35.9 Å². The minimum atomic E-state index is -0.0959. The number of hydrogen-bond acceptors (Lipinski definition) is 2. The summed E-state index contributed by atoms with van der Waals surface area (Å²) in [5.74, 6) is 0. The minimum Gasteiger partial charge on any atom is -0.275 e. The molecule has 11 heavy (non-hydrogen) atoms. The predicted molar refractivity (Wildman–Crippen MR) is 42.8 cm³/mol. The molecule has 0 spiro atoms. The van der Waals surface area contributed by atoms with Gasteiger partial charge in [-0.15, -0.1) is 0 Å². The Morgan fingerprint density at radius 1 is 1.36 bits per heavy atom. The molecule has 0 aromatic heterocycles. The van der Waals surface area contributed by atoms with E-state index in [9.17, 15) is 0 Å². The summed E-state index contributed by atoms with van der Waals surface area (Å²) < 4.78 is 0. The van der Waals surface area contributed by atoms with Crippen LogP contribution in [0.15, 0.2) is 30.3 Å². The Labute approximate surface area is 66.1 Å². The van der Waals surface area contributed by atoms with E-state index in [0.29, 0.717) is 0 Å². The highest BCUT2D eigenvalue weighted by atomic mass is 16.8. The van der Waals surface area contributed by atoms with Crippen molar-refractivity contribution in [2.24, 2.45) is 0 Å². The highest BCUT2D eigenvalue weighted by molar-refractivity contribution is 5.17. The molecule has 0 aliphatic carbocycles. The largest absolute Gasteiger partial charge is 0.275 e. The smallest absolute Gasteiger partial charge is 0.163 e. The molecule has 1 heterocycles. The van der Waals surface area contributed by atoms with Crippen LogP contribution in [0.3, 0.4) is 0 Å². The fraction of sp³-hybridized carbons (Fsp3) is 0.333. The molecule has 1 aromatic carbocycles. The zero-order valence-corrected chi connectivity index (χ0v) is 6.50. The van der Waals surface area contributed by atoms with Gasteiger partial charge in [-0.3, -0.25) is 4.84 Å². The molecular formula is C9H11NO. The summed E-state index contributed by atoms with van der Waals surface area (Å²) in [6.45, 7) is 2.04. The molecule has 0 saturated carbocycles. The summed E-state index contributed by atoms with van der Waals surface area (Å²) >= 11 is 0. The standard InChI is InChI=1S/C9H11NO/c1-9(10-11-9)7-8-5-3-2-4-6-8/h2-6,10H,7H2,1H3. The molecule has 58 valence electrons. The second-order valence-electron chi connectivity index (χ2n) is 3.10. The van der Waals surface area contributed by atoms with E-state index in [1.165, 1.54) is 5.56 Å². The normalized spacial score (nSPS) is 28.5. The fourth-order valence-electron chi connectivity index (χ4n) is 1.14. The molecule has 2 heteroatoms. The van der Waals surface area contributed by atoms with Gasteiger partial charge in [0.1, 0.15) is 0 Å². The summed E-state index contributed by atoms with van der Waals surface area (Å²) in [6, 6.07) is 10.3. The van der Waals surface area contributed by atoms with Gasteiger partial charge in [-0.2, -0.15) is 5.48 Å². The fourth-order valence-corrected chi connectivity index (χ4v) is 1.14. The second kappa shape index (κ2) is 2.32. The first-order chi connectivity index (χ1) is 5.29. The molecule has 0 radical (unpaired) electrons. The van der Waals surface area contributed by atoms with Crippen LogP contribution in [-0.4, -0.2) is 5.72 Å². The molecule has 1 aliphatic heterocycles. The first kappa shape index (κ1) is 6.83. The van der Waals surface area contributed by atoms with E-state index in [1.54, 1.807) is 0 Å². The number of nitrogens with one attached hydrogen (secondary N) is 1. The first-order valence-electron chi connectivity index (χ1n) is 3.78. The molecule has 2 nitrogen and oxygen atoms in total. The van der Waals surface area contributed by atoms with E-state index in [1.807, 2.05) is 25.1 Å². The van der Waals surface area contributed by atoms with Crippen LogP contribution in [0.5, 0.6) is 0 Å². The predicted octanol–water partition coefficient (Wildman–Crippen LogP) is 1.48. The summed E-state index contributed by atoms with van der Waals surface area (Å²) in [7, 11) is 0. The Morgan fingerprint density at radius 3 is 2.55 bits per heavy atom. The third-order valence-electron chi connectivity index (χ3n) is 1.83. The number of hydroxylamine groups is 1. The molecule has 1 aromatic rings. The highest BCUT2D eigenvalue weighted by Crippen LogP contribution is 2.23. The SMILES string of the molecule is CC1(Cc2ccccc2)NO1. The zero-order valence-electron chi connectivity index (χ0n) is 6.50. The minimum absolute atomic E-state index is 0.0959. The first-order valence-corrected chi connectivity index (χ1v) is 3.78. The van der Waals surface area contributed by atoms with Crippen molar-refractivity contribution in [3.8, 4) is 0 Å². The van der Waals surface area contributed by atoms with Gasteiger partial charge in [0.15, 0.2) is 5.72 Å². The van der Waals surface area contributed by atoms with Crippen LogP contribution < -0.4 is 5.48 Å². The molecule has 1 aliphatic rings. The molecule has 1 fully saturated rings. The van der Waals surface area contributed by atoms with Gasteiger partial charge in [0.25, 0.3) is 0 Å². The van der Waals surface area contributed by atoms with Crippen molar-refractivity contribution >= 4 is 0 Å². The molecule has 2 rings (SSSR count). The average Bonchev–Trinajstić information content (AvgIpc) is 2.70. The Balaban J connectivity index is 2.07. The van der Waals surface area contributed by atoms with Crippen molar-refractivity contribution in [1.29, 1.82) is 0 Å². The van der Waals surface area contributed by atoms with Crippen LogP contribution in [0.1, 0.15) is 12.5 Å². The summed E-state index contributed by atoms with van der Waals surface area (Å²) in [4.78, 5) is 5.05. The van der Waals surface area contributed by atoms with Gasteiger partial charge in [0.2, 0.25) is 0 Å². The van der Waals surface area contributed by atoms with Gasteiger partial charge < -0.3 is 0 Å².